The molecule has 2 aromatic rings. The van der Waals surface area contributed by atoms with E-state index in [1.807, 2.05) is 25.1 Å². The van der Waals surface area contributed by atoms with Gasteiger partial charge in [0.2, 0.25) is 0 Å². The third-order valence-electron chi connectivity index (χ3n) is 6.86. The van der Waals surface area contributed by atoms with Crippen molar-refractivity contribution in [1.82, 2.24) is 0 Å². The van der Waals surface area contributed by atoms with Gasteiger partial charge in [0.25, 0.3) is 0 Å². The van der Waals surface area contributed by atoms with Crippen LogP contribution in [0.15, 0.2) is 49.1 Å². The summed E-state index contributed by atoms with van der Waals surface area (Å²) >= 11 is 0. The van der Waals surface area contributed by atoms with E-state index in [0.717, 1.165) is 29.9 Å². The average Bonchev–Trinajstić information content (AvgIpc) is 2.67. The summed E-state index contributed by atoms with van der Waals surface area (Å²) in [4.78, 5) is 0. The molecule has 2 aromatic carbocycles. The molecule has 0 amide bonds. The summed E-state index contributed by atoms with van der Waals surface area (Å²) in [5, 5.41) is 0. The van der Waals surface area contributed by atoms with Crippen molar-refractivity contribution < 1.29 is 8.78 Å². The van der Waals surface area contributed by atoms with E-state index in [1.54, 1.807) is 6.07 Å². The van der Waals surface area contributed by atoms with Crippen LogP contribution in [-0.2, 0) is 0 Å². The molecule has 0 aliphatic heterocycles. The van der Waals surface area contributed by atoms with Gasteiger partial charge in [0.1, 0.15) is 11.6 Å². The van der Waals surface area contributed by atoms with Crippen molar-refractivity contribution in [3.63, 3.8) is 0 Å². The lowest BCUT2D eigenvalue weighted by Crippen LogP contribution is -2.30. The Kier molecular flexibility index (Phi) is 5.16. The Bertz CT molecular complexity index is 838. The summed E-state index contributed by atoms with van der Waals surface area (Å²) in [6, 6.07) is 10.4. The summed E-state index contributed by atoms with van der Waals surface area (Å²) in [6.07, 6.45) is 9.18. The number of hydrogen-bond acceptors (Lipinski definition) is 0. The normalized spacial score (nSPS) is 27.8. The molecule has 0 saturated heterocycles. The largest absolute Gasteiger partial charge is 0.207 e. The highest BCUT2D eigenvalue weighted by molar-refractivity contribution is 5.65. The number of fused-ring (bicyclic) bond motifs is 1. The maximum absolute atomic E-state index is 14.9. The smallest absolute Gasteiger partial charge is 0.131 e. The zero-order valence-electron chi connectivity index (χ0n) is 16.1. The second kappa shape index (κ2) is 7.58. The van der Waals surface area contributed by atoms with Gasteiger partial charge >= 0.3 is 0 Å². The summed E-state index contributed by atoms with van der Waals surface area (Å²) < 4.78 is 29.2. The van der Waals surface area contributed by atoms with Gasteiger partial charge in [-0.3, -0.25) is 0 Å². The van der Waals surface area contributed by atoms with Gasteiger partial charge in [-0.2, -0.15) is 0 Å². The fraction of sp³-hybridized carbons (Fsp3) is 0.440. The van der Waals surface area contributed by atoms with E-state index in [1.165, 1.54) is 37.8 Å². The Morgan fingerprint density at radius 3 is 2.41 bits per heavy atom. The minimum Gasteiger partial charge on any atom is -0.207 e. The van der Waals surface area contributed by atoms with Crippen LogP contribution in [0.2, 0.25) is 0 Å². The third kappa shape index (κ3) is 3.72. The molecule has 0 aromatic heterocycles. The molecular weight excluding hydrogens is 338 g/mol. The molecule has 0 N–H and O–H groups in total. The van der Waals surface area contributed by atoms with Gasteiger partial charge in [-0.25, -0.2) is 8.78 Å². The SMILES string of the molecule is C=CC1CCC2CC(c3ccc(-c4ccc(C)cc4F)cc3F)CCC2C1. The lowest BCUT2D eigenvalue weighted by atomic mass is 9.64. The summed E-state index contributed by atoms with van der Waals surface area (Å²) in [5.41, 5.74) is 2.78. The Morgan fingerprint density at radius 1 is 0.889 bits per heavy atom. The molecule has 2 aliphatic carbocycles. The first-order valence-electron chi connectivity index (χ1n) is 10.2. The summed E-state index contributed by atoms with van der Waals surface area (Å²) in [5.74, 6) is 1.99. The van der Waals surface area contributed by atoms with Crippen molar-refractivity contribution in [2.45, 2.75) is 51.4 Å². The molecule has 4 unspecified atom stereocenters. The molecule has 4 atom stereocenters. The Balaban J connectivity index is 1.53. The van der Waals surface area contributed by atoms with Crippen LogP contribution in [0, 0.1) is 36.3 Å². The molecule has 2 aliphatic rings. The van der Waals surface area contributed by atoms with Gasteiger partial charge in [-0.1, -0.05) is 30.3 Å². The fourth-order valence-corrected chi connectivity index (χ4v) is 5.30. The minimum absolute atomic E-state index is 0.185. The predicted molar refractivity (Wildman–Crippen MR) is 108 cm³/mol. The molecule has 2 saturated carbocycles. The Hall–Kier alpha value is -1.96. The first-order valence-corrected chi connectivity index (χ1v) is 10.2. The van der Waals surface area contributed by atoms with Gasteiger partial charge < -0.3 is 0 Å². The van der Waals surface area contributed by atoms with E-state index < -0.39 is 0 Å². The predicted octanol–water partition coefficient (Wildman–Crippen LogP) is 7.43. The molecule has 0 nitrogen and oxygen atoms in total. The van der Waals surface area contributed by atoms with Crippen LogP contribution in [0.3, 0.4) is 0 Å². The van der Waals surface area contributed by atoms with Crippen LogP contribution < -0.4 is 0 Å². The highest BCUT2D eigenvalue weighted by Crippen LogP contribution is 2.48. The fourth-order valence-electron chi connectivity index (χ4n) is 5.30. The van der Waals surface area contributed by atoms with Crippen molar-refractivity contribution in [3.8, 4) is 11.1 Å². The molecule has 0 spiro atoms. The topological polar surface area (TPSA) is 0 Å². The van der Waals surface area contributed by atoms with Gasteiger partial charge in [0, 0.05) is 5.56 Å². The van der Waals surface area contributed by atoms with E-state index >= 15 is 0 Å². The lowest BCUT2D eigenvalue weighted by molar-refractivity contribution is 0.132. The second-order valence-corrected chi connectivity index (χ2v) is 8.56. The van der Waals surface area contributed by atoms with Crippen LogP contribution in [0.1, 0.15) is 55.6 Å². The number of benzene rings is 2. The molecule has 27 heavy (non-hydrogen) atoms. The number of hydrogen-bond donors (Lipinski definition) is 0. The molecule has 0 heterocycles. The number of allylic oxidation sites excluding steroid dienone is 1. The summed E-state index contributed by atoms with van der Waals surface area (Å²) in [7, 11) is 0. The van der Waals surface area contributed by atoms with Crippen molar-refractivity contribution in [2.24, 2.45) is 17.8 Å². The molecule has 2 heteroatoms. The molecule has 4 rings (SSSR count). The molecule has 142 valence electrons. The summed E-state index contributed by atoms with van der Waals surface area (Å²) in [6.45, 7) is 5.82. The van der Waals surface area contributed by atoms with Gasteiger partial charge in [-0.15, -0.1) is 6.58 Å². The van der Waals surface area contributed by atoms with Gasteiger partial charge in [0.05, 0.1) is 0 Å². The lowest BCUT2D eigenvalue weighted by Gasteiger charge is -2.41. The van der Waals surface area contributed by atoms with Crippen molar-refractivity contribution in [3.05, 3.63) is 71.8 Å². The maximum Gasteiger partial charge on any atom is 0.131 e. The zero-order chi connectivity index (χ0) is 19.0. The van der Waals surface area contributed by atoms with E-state index in [9.17, 15) is 8.78 Å². The van der Waals surface area contributed by atoms with E-state index in [0.29, 0.717) is 28.9 Å². The number of halogens is 2. The van der Waals surface area contributed by atoms with Crippen LogP contribution in [0.5, 0.6) is 0 Å². The number of rotatable bonds is 3. The van der Waals surface area contributed by atoms with Crippen LogP contribution in [0.4, 0.5) is 8.78 Å². The molecule has 0 radical (unpaired) electrons. The Labute approximate surface area is 161 Å². The first-order chi connectivity index (χ1) is 13.0. The van der Waals surface area contributed by atoms with Crippen molar-refractivity contribution in [2.75, 3.05) is 0 Å². The second-order valence-electron chi connectivity index (χ2n) is 8.56. The van der Waals surface area contributed by atoms with E-state index in [4.69, 9.17) is 0 Å². The van der Waals surface area contributed by atoms with E-state index in [2.05, 4.69) is 12.7 Å². The van der Waals surface area contributed by atoms with Crippen molar-refractivity contribution >= 4 is 0 Å². The first kappa shape index (κ1) is 18.4. The standard InChI is InChI=1S/C25H28F2/c1-3-17-5-6-19-14-20(8-7-18(19)13-17)23-11-9-21(15-25(23)27)22-10-4-16(2)12-24(22)26/h3-4,9-12,15,17-20H,1,5-8,13-14H2,2H3. The minimum atomic E-state index is -0.290. The van der Waals surface area contributed by atoms with Crippen molar-refractivity contribution in [1.29, 1.82) is 0 Å². The van der Waals surface area contributed by atoms with Gasteiger partial charge in [-0.05, 0) is 97.9 Å². The monoisotopic (exact) mass is 366 g/mol. The quantitative estimate of drug-likeness (QED) is 0.496. The van der Waals surface area contributed by atoms with Crippen LogP contribution in [-0.4, -0.2) is 0 Å². The molecule has 2 fully saturated rings. The van der Waals surface area contributed by atoms with Crippen LogP contribution >= 0.6 is 0 Å². The van der Waals surface area contributed by atoms with E-state index in [-0.39, 0.29) is 11.6 Å². The molecular formula is C25H28F2. The third-order valence-corrected chi connectivity index (χ3v) is 6.86. The average molecular weight is 366 g/mol. The highest BCUT2D eigenvalue weighted by Gasteiger charge is 2.35. The number of aryl methyl sites for hydroxylation is 1. The Morgan fingerprint density at radius 2 is 1.67 bits per heavy atom. The highest BCUT2D eigenvalue weighted by atomic mass is 19.1. The maximum atomic E-state index is 14.9. The zero-order valence-corrected chi connectivity index (χ0v) is 16.1. The van der Waals surface area contributed by atoms with Gasteiger partial charge in [0.15, 0.2) is 0 Å². The van der Waals surface area contributed by atoms with Crippen LogP contribution in [0.25, 0.3) is 11.1 Å². The molecule has 0 bridgehead atoms.